The summed E-state index contributed by atoms with van der Waals surface area (Å²) < 4.78 is 5.73. The van der Waals surface area contributed by atoms with Crippen molar-refractivity contribution in [1.29, 1.82) is 0 Å². The van der Waals surface area contributed by atoms with Gasteiger partial charge in [-0.15, -0.1) is 0 Å². The first-order valence-electron chi connectivity index (χ1n) is 10.1. The van der Waals surface area contributed by atoms with Gasteiger partial charge in [-0.3, -0.25) is 4.90 Å². The average Bonchev–Trinajstić information content (AvgIpc) is 3.15. The molecule has 0 aliphatic carbocycles. The van der Waals surface area contributed by atoms with Crippen LogP contribution >= 0.6 is 0 Å². The van der Waals surface area contributed by atoms with Crippen molar-refractivity contribution in [2.24, 2.45) is 0 Å². The van der Waals surface area contributed by atoms with E-state index in [2.05, 4.69) is 21.8 Å². The predicted molar refractivity (Wildman–Crippen MR) is 113 cm³/mol. The molecule has 1 saturated heterocycles. The predicted octanol–water partition coefficient (Wildman–Crippen LogP) is 4.42. The molecule has 6 heteroatoms. The molecule has 0 saturated carbocycles. The molecule has 2 aromatic carbocycles. The van der Waals surface area contributed by atoms with E-state index >= 15 is 0 Å². The first-order valence-corrected chi connectivity index (χ1v) is 10.1. The van der Waals surface area contributed by atoms with Crippen molar-refractivity contribution in [3.05, 3.63) is 58.4 Å². The second kappa shape index (κ2) is 7.04. The summed E-state index contributed by atoms with van der Waals surface area (Å²) in [6, 6.07) is 13.3. The molecule has 0 unspecified atom stereocenters. The topological polar surface area (TPSA) is 82.4 Å². The Balaban J connectivity index is 1.60. The molecule has 0 spiro atoms. The summed E-state index contributed by atoms with van der Waals surface area (Å²) >= 11 is 0. The molecule has 29 heavy (non-hydrogen) atoms. The number of nitrogens with one attached hydrogen (secondary N) is 1. The van der Waals surface area contributed by atoms with E-state index in [0.29, 0.717) is 35.1 Å². The van der Waals surface area contributed by atoms with Crippen LogP contribution in [-0.4, -0.2) is 32.6 Å². The Labute approximate surface area is 167 Å². The van der Waals surface area contributed by atoms with Crippen LogP contribution in [0.4, 0.5) is 0 Å². The summed E-state index contributed by atoms with van der Waals surface area (Å²) in [5, 5.41) is 11.3. The first kappa shape index (κ1) is 17.9. The summed E-state index contributed by atoms with van der Waals surface area (Å²) in [7, 11) is 0. The van der Waals surface area contributed by atoms with E-state index in [1.807, 2.05) is 24.3 Å². The van der Waals surface area contributed by atoms with Crippen LogP contribution in [0.2, 0.25) is 0 Å². The minimum Gasteiger partial charge on any atom is -0.507 e. The number of aromatic hydroxyl groups is 1. The van der Waals surface area contributed by atoms with Crippen molar-refractivity contribution < 1.29 is 9.52 Å². The quantitative estimate of drug-likeness (QED) is 0.507. The van der Waals surface area contributed by atoms with E-state index in [-0.39, 0.29) is 5.75 Å². The number of H-pyrrole nitrogens is 1. The number of imidazole rings is 1. The normalized spacial score (nSPS) is 17.9. The first-order chi connectivity index (χ1) is 14.1. The fraction of sp³-hybridized carbons (Fsp3) is 0.304. The maximum atomic E-state index is 12.8. The summed E-state index contributed by atoms with van der Waals surface area (Å²) in [6.07, 6.45) is 3.52. The van der Waals surface area contributed by atoms with E-state index in [4.69, 9.17) is 4.42 Å². The number of phenols is 1. The minimum atomic E-state index is -0.463. The third-order valence-corrected chi connectivity index (χ3v) is 5.93. The van der Waals surface area contributed by atoms with Crippen LogP contribution in [0.5, 0.6) is 5.75 Å². The lowest BCUT2D eigenvalue weighted by Crippen LogP contribution is -2.36. The van der Waals surface area contributed by atoms with Crippen LogP contribution in [0.15, 0.2) is 51.7 Å². The lowest BCUT2D eigenvalue weighted by Gasteiger charge is -2.33. The SMILES string of the molecule is C[C@H]1CCCCN1Cc1c(O)ccc2cc(-c3nc4ccccc4[nH]3)c(=O)oc12. The summed E-state index contributed by atoms with van der Waals surface area (Å²) in [5.74, 6) is 0.649. The molecular formula is C23H23N3O3. The number of phenolic OH excluding ortho intramolecular Hbond substituents is 1. The van der Waals surface area contributed by atoms with Crippen LogP contribution in [0, 0.1) is 0 Å². The second-order valence-electron chi connectivity index (χ2n) is 7.85. The van der Waals surface area contributed by atoms with Gasteiger partial charge in [0.1, 0.15) is 22.7 Å². The van der Waals surface area contributed by atoms with Crippen molar-refractivity contribution in [1.82, 2.24) is 14.9 Å². The smallest absolute Gasteiger partial charge is 0.347 e. The van der Waals surface area contributed by atoms with Crippen molar-refractivity contribution in [3.63, 3.8) is 0 Å². The highest BCUT2D eigenvalue weighted by molar-refractivity contribution is 5.86. The molecule has 0 amide bonds. The van der Waals surface area contributed by atoms with Crippen LogP contribution in [0.25, 0.3) is 33.4 Å². The van der Waals surface area contributed by atoms with Gasteiger partial charge in [0.05, 0.1) is 16.6 Å². The Bertz CT molecular complexity index is 1220. The fourth-order valence-corrected chi connectivity index (χ4v) is 4.23. The number of aromatic nitrogens is 2. The molecular weight excluding hydrogens is 366 g/mol. The maximum absolute atomic E-state index is 12.8. The lowest BCUT2D eigenvalue weighted by atomic mass is 10.0. The van der Waals surface area contributed by atoms with Gasteiger partial charge in [-0.05, 0) is 56.6 Å². The minimum absolute atomic E-state index is 0.162. The monoisotopic (exact) mass is 389 g/mol. The molecule has 4 aromatic rings. The third kappa shape index (κ3) is 3.19. The molecule has 0 bridgehead atoms. The van der Waals surface area contributed by atoms with Crippen LogP contribution < -0.4 is 5.63 Å². The molecule has 6 nitrogen and oxygen atoms in total. The van der Waals surface area contributed by atoms with E-state index in [0.717, 1.165) is 35.8 Å². The zero-order valence-corrected chi connectivity index (χ0v) is 16.3. The van der Waals surface area contributed by atoms with Crippen molar-refractivity contribution in [3.8, 4) is 17.1 Å². The molecule has 2 N–H and O–H groups in total. The number of likely N-dealkylation sites (tertiary alicyclic amines) is 1. The van der Waals surface area contributed by atoms with E-state index in [9.17, 15) is 9.90 Å². The van der Waals surface area contributed by atoms with Crippen molar-refractivity contribution >= 4 is 22.0 Å². The Kier molecular flexibility index (Phi) is 4.36. The van der Waals surface area contributed by atoms with Crippen LogP contribution in [0.3, 0.4) is 0 Å². The van der Waals surface area contributed by atoms with Gasteiger partial charge in [-0.2, -0.15) is 0 Å². The highest BCUT2D eigenvalue weighted by atomic mass is 16.4. The summed E-state index contributed by atoms with van der Waals surface area (Å²) in [5.41, 5.74) is 2.71. The summed E-state index contributed by atoms with van der Waals surface area (Å²) in [4.78, 5) is 22.9. The molecule has 3 heterocycles. The molecule has 1 atom stereocenters. The maximum Gasteiger partial charge on any atom is 0.347 e. The van der Waals surface area contributed by atoms with Crippen molar-refractivity contribution in [2.75, 3.05) is 6.54 Å². The van der Waals surface area contributed by atoms with Gasteiger partial charge in [-0.1, -0.05) is 18.6 Å². The third-order valence-electron chi connectivity index (χ3n) is 5.93. The Morgan fingerprint density at radius 3 is 2.93 bits per heavy atom. The number of hydrogen-bond donors (Lipinski definition) is 2. The van der Waals surface area contributed by atoms with E-state index in [1.165, 1.54) is 6.42 Å². The molecule has 5 rings (SSSR count). The molecule has 1 fully saturated rings. The van der Waals surface area contributed by atoms with Gasteiger partial charge < -0.3 is 14.5 Å². The zero-order valence-electron chi connectivity index (χ0n) is 16.3. The lowest BCUT2D eigenvalue weighted by molar-refractivity contribution is 0.151. The van der Waals surface area contributed by atoms with E-state index in [1.54, 1.807) is 18.2 Å². The average molecular weight is 389 g/mol. The Morgan fingerprint density at radius 1 is 1.24 bits per heavy atom. The van der Waals surface area contributed by atoms with E-state index < -0.39 is 5.63 Å². The van der Waals surface area contributed by atoms with Crippen molar-refractivity contribution in [2.45, 2.75) is 38.8 Å². The second-order valence-corrected chi connectivity index (χ2v) is 7.85. The summed E-state index contributed by atoms with van der Waals surface area (Å²) in [6.45, 7) is 3.76. The van der Waals surface area contributed by atoms with Crippen LogP contribution in [0.1, 0.15) is 31.7 Å². The molecule has 0 radical (unpaired) electrons. The Hall–Kier alpha value is -3.12. The number of hydrogen-bond acceptors (Lipinski definition) is 5. The number of fused-ring (bicyclic) bond motifs is 2. The highest BCUT2D eigenvalue weighted by Crippen LogP contribution is 2.31. The fourth-order valence-electron chi connectivity index (χ4n) is 4.23. The zero-order chi connectivity index (χ0) is 20.0. The van der Waals surface area contributed by atoms with Gasteiger partial charge in [-0.25, -0.2) is 9.78 Å². The molecule has 1 aliphatic rings. The number of piperidine rings is 1. The number of nitrogens with zero attached hydrogens (tertiary/aromatic N) is 2. The number of rotatable bonds is 3. The molecule has 2 aromatic heterocycles. The standard InChI is InChI=1S/C23H23N3O3/c1-14-6-4-5-11-26(14)13-17-20(27)10-9-15-12-16(23(28)29-21(15)17)22-24-18-7-2-3-8-19(18)25-22/h2-3,7-10,12,14,27H,4-6,11,13H2,1H3,(H,24,25)/t14-/m0/s1. The van der Waals surface area contributed by atoms with Gasteiger partial charge in [0.25, 0.3) is 0 Å². The number of para-hydroxylation sites is 2. The van der Waals surface area contributed by atoms with Gasteiger partial charge in [0.15, 0.2) is 0 Å². The molecule has 148 valence electrons. The van der Waals surface area contributed by atoms with Gasteiger partial charge in [0.2, 0.25) is 0 Å². The Morgan fingerprint density at radius 2 is 2.10 bits per heavy atom. The largest absolute Gasteiger partial charge is 0.507 e. The van der Waals surface area contributed by atoms with Gasteiger partial charge in [0, 0.05) is 18.0 Å². The number of aromatic amines is 1. The highest BCUT2D eigenvalue weighted by Gasteiger charge is 2.22. The molecule has 1 aliphatic heterocycles. The number of benzene rings is 2. The van der Waals surface area contributed by atoms with Gasteiger partial charge >= 0.3 is 5.63 Å². The van der Waals surface area contributed by atoms with Crippen LogP contribution in [-0.2, 0) is 6.54 Å².